The standard InChI is InChI=1S/C16H18Cl2N4O3S/c1-3-22(4-2)10-5-6-14(13(19)7-10)20-21-15-8-12(18)16(9-11(15)17)26(23,24)25/h5-9H,3-4,19H2,1-2H3,(H,23,24,25)/p-1. The quantitative estimate of drug-likeness (QED) is 0.415. The van der Waals surface area contributed by atoms with Gasteiger partial charge in [-0.2, -0.15) is 0 Å². The van der Waals surface area contributed by atoms with Gasteiger partial charge < -0.3 is 15.2 Å². The number of anilines is 2. The number of nitrogens with zero attached hydrogens (tertiary/aromatic N) is 3. The van der Waals surface area contributed by atoms with Crippen LogP contribution >= 0.6 is 23.2 Å². The van der Waals surface area contributed by atoms with E-state index in [0.717, 1.165) is 24.8 Å². The average Bonchev–Trinajstić information content (AvgIpc) is 2.56. The van der Waals surface area contributed by atoms with E-state index >= 15 is 0 Å². The molecular formula is C16H17Cl2N4O3S-. The number of benzene rings is 2. The maximum atomic E-state index is 11.1. The number of nitrogens with two attached hydrogens (primary N) is 1. The van der Waals surface area contributed by atoms with E-state index in [4.69, 9.17) is 28.9 Å². The molecule has 0 atom stereocenters. The Kier molecular flexibility index (Phi) is 6.46. The van der Waals surface area contributed by atoms with Gasteiger partial charge in [0.05, 0.1) is 20.6 Å². The van der Waals surface area contributed by atoms with Gasteiger partial charge in [0.25, 0.3) is 0 Å². The second-order valence-electron chi connectivity index (χ2n) is 5.30. The summed E-state index contributed by atoms with van der Waals surface area (Å²) in [6, 6.07) is 7.51. The predicted octanol–water partition coefficient (Wildman–Crippen LogP) is 4.74. The van der Waals surface area contributed by atoms with E-state index in [-0.39, 0.29) is 15.7 Å². The Morgan fingerprint density at radius 1 is 1.04 bits per heavy atom. The van der Waals surface area contributed by atoms with Gasteiger partial charge in [0.15, 0.2) is 0 Å². The van der Waals surface area contributed by atoms with Crippen LogP contribution in [-0.4, -0.2) is 26.1 Å². The molecule has 26 heavy (non-hydrogen) atoms. The Balaban J connectivity index is 2.34. The zero-order chi connectivity index (χ0) is 19.5. The Bertz CT molecular complexity index is 945. The van der Waals surface area contributed by atoms with Gasteiger partial charge >= 0.3 is 0 Å². The van der Waals surface area contributed by atoms with Crippen molar-refractivity contribution in [2.75, 3.05) is 23.7 Å². The number of rotatable bonds is 6. The van der Waals surface area contributed by atoms with Crippen molar-refractivity contribution in [3.05, 3.63) is 40.4 Å². The number of hydrogen-bond acceptors (Lipinski definition) is 7. The van der Waals surface area contributed by atoms with Crippen molar-refractivity contribution in [3.8, 4) is 0 Å². The minimum absolute atomic E-state index is 0.0640. The van der Waals surface area contributed by atoms with Crippen LogP contribution in [0.3, 0.4) is 0 Å². The normalized spacial score (nSPS) is 11.9. The van der Waals surface area contributed by atoms with Crippen molar-refractivity contribution in [2.45, 2.75) is 18.7 Å². The van der Waals surface area contributed by atoms with E-state index in [1.807, 2.05) is 19.9 Å². The molecule has 0 bridgehead atoms. The first-order valence-corrected chi connectivity index (χ1v) is 9.85. The van der Waals surface area contributed by atoms with Crippen molar-refractivity contribution in [3.63, 3.8) is 0 Å². The third kappa shape index (κ3) is 4.64. The minimum Gasteiger partial charge on any atom is -0.744 e. The highest BCUT2D eigenvalue weighted by Gasteiger charge is 2.12. The molecule has 0 aliphatic heterocycles. The summed E-state index contributed by atoms with van der Waals surface area (Å²) in [5.41, 5.74) is 7.97. The summed E-state index contributed by atoms with van der Waals surface area (Å²) in [5.74, 6) is 0. The zero-order valence-electron chi connectivity index (χ0n) is 14.1. The maximum absolute atomic E-state index is 11.1. The second kappa shape index (κ2) is 8.22. The van der Waals surface area contributed by atoms with E-state index < -0.39 is 15.0 Å². The molecule has 0 amide bonds. The van der Waals surface area contributed by atoms with Gasteiger partial charge in [-0.05, 0) is 44.2 Å². The molecule has 0 spiro atoms. The first-order chi connectivity index (χ1) is 12.2. The van der Waals surface area contributed by atoms with Gasteiger partial charge in [0.2, 0.25) is 0 Å². The molecule has 0 saturated heterocycles. The largest absolute Gasteiger partial charge is 0.744 e. The number of azo groups is 1. The summed E-state index contributed by atoms with van der Waals surface area (Å²) in [4.78, 5) is 1.53. The minimum atomic E-state index is -4.73. The highest BCUT2D eigenvalue weighted by Crippen LogP contribution is 2.35. The van der Waals surface area contributed by atoms with Crippen molar-refractivity contribution < 1.29 is 13.0 Å². The van der Waals surface area contributed by atoms with Crippen molar-refractivity contribution in [1.29, 1.82) is 0 Å². The van der Waals surface area contributed by atoms with Crippen LogP contribution in [-0.2, 0) is 10.1 Å². The number of nitrogen functional groups attached to an aromatic ring is 1. The molecule has 0 saturated carbocycles. The van der Waals surface area contributed by atoms with E-state index in [1.54, 1.807) is 12.1 Å². The fourth-order valence-electron chi connectivity index (χ4n) is 2.31. The zero-order valence-corrected chi connectivity index (χ0v) is 16.4. The van der Waals surface area contributed by atoms with E-state index in [2.05, 4.69) is 15.1 Å². The fraction of sp³-hybridized carbons (Fsp3) is 0.250. The molecule has 2 N–H and O–H groups in total. The van der Waals surface area contributed by atoms with E-state index in [9.17, 15) is 13.0 Å². The molecule has 7 nitrogen and oxygen atoms in total. The van der Waals surface area contributed by atoms with Crippen LogP contribution in [0, 0.1) is 0 Å². The lowest BCUT2D eigenvalue weighted by Crippen LogP contribution is -2.21. The monoisotopic (exact) mass is 415 g/mol. The summed E-state index contributed by atoms with van der Waals surface area (Å²) in [6.07, 6.45) is 0. The second-order valence-corrected chi connectivity index (χ2v) is 7.47. The Morgan fingerprint density at radius 3 is 2.19 bits per heavy atom. The topological polar surface area (TPSA) is 111 Å². The lowest BCUT2D eigenvalue weighted by Gasteiger charge is -2.21. The molecule has 2 aromatic carbocycles. The molecule has 140 valence electrons. The summed E-state index contributed by atoms with van der Waals surface area (Å²) < 4.78 is 33.3. The third-order valence-corrected chi connectivity index (χ3v) is 5.28. The van der Waals surface area contributed by atoms with Crippen LogP contribution in [0.25, 0.3) is 0 Å². The van der Waals surface area contributed by atoms with E-state index in [1.165, 1.54) is 6.07 Å². The Labute approximate surface area is 162 Å². The van der Waals surface area contributed by atoms with Crippen LogP contribution in [0.2, 0.25) is 10.0 Å². The predicted molar refractivity (Wildman–Crippen MR) is 103 cm³/mol. The van der Waals surface area contributed by atoms with Crippen molar-refractivity contribution in [1.82, 2.24) is 0 Å². The molecule has 0 aliphatic carbocycles. The van der Waals surface area contributed by atoms with E-state index in [0.29, 0.717) is 11.4 Å². The summed E-state index contributed by atoms with van der Waals surface area (Å²) in [6.45, 7) is 5.79. The first kappa shape index (κ1) is 20.4. The SMILES string of the molecule is CCN(CC)c1ccc(N=Nc2cc(Cl)c(S(=O)(=O)[O-])cc2Cl)c(N)c1. The average molecular weight is 416 g/mol. The summed E-state index contributed by atoms with van der Waals surface area (Å²) in [7, 11) is -4.73. The fourth-order valence-corrected chi connectivity index (χ4v) is 3.58. The van der Waals surface area contributed by atoms with Gasteiger partial charge in [-0.25, -0.2) is 8.42 Å². The smallest absolute Gasteiger partial charge is 0.125 e. The highest BCUT2D eigenvalue weighted by atomic mass is 35.5. The molecule has 0 radical (unpaired) electrons. The van der Waals surface area contributed by atoms with Crippen LogP contribution in [0.4, 0.5) is 22.7 Å². The van der Waals surface area contributed by atoms with Crippen LogP contribution in [0.15, 0.2) is 45.5 Å². The van der Waals surface area contributed by atoms with Gasteiger partial charge in [-0.3, -0.25) is 0 Å². The summed E-state index contributed by atoms with van der Waals surface area (Å²) >= 11 is 11.8. The van der Waals surface area contributed by atoms with Crippen LogP contribution in [0.5, 0.6) is 0 Å². The number of halogens is 2. The lowest BCUT2D eigenvalue weighted by molar-refractivity contribution is 0.463. The van der Waals surface area contributed by atoms with Crippen molar-refractivity contribution in [2.24, 2.45) is 10.2 Å². The first-order valence-electron chi connectivity index (χ1n) is 7.68. The van der Waals surface area contributed by atoms with Crippen molar-refractivity contribution >= 4 is 56.1 Å². The van der Waals surface area contributed by atoms with Gasteiger partial charge in [-0.15, -0.1) is 10.2 Å². The molecule has 0 heterocycles. The Morgan fingerprint density at radius 2 is 1.65 bits per heavy atom. The molecule has 0 fully saturated rings. The maximum Gasteiger partial charge on any atom is 0.125 e. The molecule has 0 aromatic heterocycles. The molecule has 2 aromatic rings. The molecular weight excluding hydrogens is 399 g/mol. The third-order valence-electron chi connectivity index (χ3n) is 3.68. The molecule has 0 unspecified atom stereocenters. The Hall–Kier alpha value is -1.87. The van der Waals surface area contributed by atoms with Crippen LogP contribution < -0.4 is 10.6 Å². The van der Waals surface area contributed by atoms with Crippen LogP contribution in [0.1, 0.15) is 13.8 Å². The molecule has 0 aliphatic rings. The molecule has 2 rings (SSSR count). The molecule has 10 heteroatoms. The summed E-state index contributed by atoms with van der Waals surface area (Å²) in [5, 5.41) is 7.65. The van der Waals surface area contributed by atoms with Gasteiger partial charge in [0, 0.05) is 18.8 Å². The lowest BCUT2D eigenvalue weighted by atomic mass is 10.2. The van der Waals surface area contributed by atoms with Gasteiger partial charge in [0.1, 0.15) is 21.5 Å². The van der Waals surface area contributed by atoms with Gasteiger partial charge in [-0.1, -0.05) is 23.2 Å². The number of hydrogen-bond donors (Lipinski definition) is 1. The highest BCUT2D eigenvalue weighted by molar-refractivity contribution is 7.85.